The lowest BCUT2D eigenvalue weighted by Crippen LogP contribution is -2.40. The van der Waals surface area contributed by atoms with E-state index >= 15 is 0 Å². The molecule has 3 atom stereocenters. The van der Waals surface area contributed by atoms with Crippen LogP contribution in [0.3, 0.4) is 0 Å². The average molecular weight is 489 g/mol. The molecule has 176 valence electrons. The summed E-state index contributed by atoms with van der Waals surface area (Å²) >= 11 is 6.09. The minimum Gasteiger partial charge on any atom is -0.364 e. The SMILES string of the molecule is Cc1cnc(-c2ncccn2)c(C(=O)N2[C@@H]3CC[C@H]2[C@H](Nc2ncc(C(F)(F)F)cc2Cl)C3)c1. The number of carbonyl (C=O) groups is 1. The molecule has 34 heavy (non-hydrogen) atoms. The van der Waals surface area contributed by atoms with E-state index in [-0.39, 0.29) is 34.9 Å². The summed E-state index contributed by atoms with van der Waals surface area (Å²) in [5.41, 5.74) is 0.772. The molecular formula is C23H20ClF3N6O. The Morgan fingerprint density at radius 2 is 1.88 bits per heavy atom. The van der Waals surface area contributed by atoms with Crippen molar-refractivity contribution in [3.63, 3.8) is 0 Å². The molecule has 0 aliphatic carbocycles. The first-order chi connectivity index (χ1) is 16.2. The van der Waals surface area contributed by atoms with Gasteiger partial charge in [0.2, 0.25) is 0 Å². The Morgan fingerprint density at radius 3 is 2.59 bits per heavy atom. The third kappa shape index (κ3) is 4.06. The number of anilines is 1. The first kappa shape index (κ1) is 22.5. The van der Waals surface area contributed by atoms with Crippen LogP contribution >= 0.6 is 11.6 Å². The second-order valence-corrected chi connectivity index (χ2v) is 8.94. The predicted molar refractivity (Wildman–Crippen MR) is 119 cm³/mol. The van der Waals surface area contributed by atoms with Crippen molar-refractivity contribution in [1.29, 1.82) is 0 Å². The van der Waals surface area contributed by atoms with Gasteiger partial charge in [-0.25, -0.2) is 15.0 Å². The fraction of sp³-hybridized carbons (Fsp3) is 0.348. The highest BCUT2D eigenvalue weighted by atomic mass is 35.5. The molecule has 0 saturated carbocycles. The van der Waals surface area contributed by atoms with E-state index in [1.54, 1.807) is 30.7 Å². The molecule has 2 fully saturated rings. The van der Waals surface area contributed by atoms with Gasteiger partial charge in [0.15, 0.2) is 5.82 Å². The number of pyridine rings is 2. The molecule has 1 amide bonds. The van der Waals surface area contributed by atoms with Crippen LogP contribution in [0.5, 0.6) is 0 Å². The van der Waals surface area contributed by atoms with Crippen LogP contribution in [-0.4, -0.2) is 48.9 Å². The van der Waals surface area contributed by atoms with Gasteiger partial charge < -0.3 is 10.2 Å². The second kappa shape index (κ2) is 8.50. The predicted octanol–water partition coefficient (Wildman–Crippen LogP) is 4.77. The fourth-order valence-electron chi connectivity index (χ4n) is 4.81. The van der Waals surface area contributed by atoms with Crippen molar-refractivity contribution in [3.8, 4) is 11.5 Å². The first-order valence-corrected chi connectivity index (χ1v) is 11.2. The van der Waals surface area contributed by atoms with Gasteiger partial charge in [0, 0.05) is 36.9 Å². The Kier molecular flexibility index (Phi) is 5.63. The van der Waals surface area contributed by atoms with Crippen molar-refractivity contribution >= 4 is 23.3 Å². The summed E-state index contributed by atoms with van der Waals surface area (Å²) in [6.45, 7) is 1.86. The van der Waals surface area contributed by atoms with Gasteiger partial charge in [-0.1, -0.05) is 11.6 Å². The zero-order valence-corrected chi connectivity index (χ0v) is 18.8. The van der Waals surface area contributed by atoms with Gasteiger partial charge in [0.1, 0.15) is 11.5 Å². The molecule has 0 aromatic carbocycles. The van der Waals surface area contributed by atoms with Crippen LogP contribution in [0.2, 0.25) is 5.02 Å². The highest BCUT2D eigenvalue weighted by molar-refractivity contribution is 6.33. The molecule has 3 aromatic rings. The van der Waals surface area contributed by atoms with Crippen molar-refractivity contribution in [1.82, 2.24) is 24.8 Å². The van der Waals surface area contributed by atoms with Crippen molar-refractivity contribution in [2.24, 2.45) is 0 Å². The molecule has 0 spiro atoms. The van der Waals surface area contributed by atoms with Gasteiger partial charge in [-0.3, -0.25) is 9.78 Å². The summed E-state index contributed by atoms with van der Waals surface area (Å²) in [6.07, 6.45) is 3.36. The Labute approximate surface area is 198 Å². The minimum atomic E-state index is -4.52. The van der Waals surface area contributed by atoms with Gasteiger partial charge in [-0.05, 0) is 49.9 Å². The van der Waals surface area contributed by atoms with Gasteiger partial charge >= 0.3 is 6.18 Å². The number of hydrogen-bond acceptors (Lipinski definition) is 6. The Bertz CT molecular complexity index is 1240. The number of carbonyl (C=O) groups excluding carboxylic acids is 1. The highest BCUT2D eigenvalue weighted by Crippen LogP contribution is 2.41. The molecule has 5 rings (SSSR count). The van der Waals surface area contributed by atoms with Crippen molar-refractivity contribution in [2.45, 2.75) is 50.5 Å². The van der Waals surface area contributed by atoms with E-state index in [0.29, 0.717) is 23.5 Å². The summed E-state index contributed by atoms with van der Waals surface area (Å²) in [5, 5.41) is 3.06. The number of rotatable bonds is 4. The number of alkyl halides is 3. The molecule has 11 heteroatoms. The lowest BCUT2D eigenvalue weighted by molar-refractivity contribution is -0.137. The van der Waals surface area contributed by atoms with E-state index in [2.05, 4.69) is 25.3 Å². The topological polar surface area (TPSA) is 83.9 Å². The molecule has 2 saturated heterocycles. The fourth-order valence-corrected chi connectivity index (χ4v) is 5.03. The largest absolute Gasteiger partial charge is 0.417 e. The van der Waals surface area contributed by atoms with E-state index in [4.69, 9.17) is 11.6 Å². The van der Waals surface area contributed by atoms with Crippen molar-refractivity contribution in [3.05, 3.63) is 64.7 Å². The Hall–Kier alpha value is -3.27. The van der Waals surface area contributed by atoms with E-state index < -0.39 is 11.7 Å². The molecule has 0 unspecified atom stereocenters. The molecule has 1 N–H and O–H groups in total. The van der Waals surface area contributed by atoms with Crippen LogP contribution in [0.25, 0.3) is 11.5 Å². The Balaban J connectivity index is 1.40. The molecule has 2 aliphatic rings. The van der Waals surface area contributed by atoms with Crippen LogP contribution in [0.15, 0.2) is 43.0 Å². The highest BCUT2D eigenvalue weighted by Gasteiger charge is 2.49. The van der Waals surface area contributed by atoms with Crippen molar-refractivity contribution in [2.75, 3.05) is 5.32 Å². The monoisotopic (exact) mass is 488 g/mol. The number of aromatic nitrogens is 4. The van der Waals surface area contributed by atoms with E-state index in [9.17, 15) is 18.0 Å². The quantitative estimate of drug-likeness (QED) is 0.569. The molecule has 7 nitrogen and oxygen atoms in total. The minimum absolute atomic E-state index is 0.00622. The van der Waals surface area contributed by atoms with Crippen LogP contribution in [0, 0.1) is 6.92 Å². The van der Waals surface area contributed by atoms with E-state index in [1.807, 2.05) is 11.8 Å². The lowest BCUT2D eigenvalue weighted by atomic mass is 9.95. The van der Waals surface area contributed by atoms with E-state index in [1.165, 1.54) is 0 Å². The normalized spacial score (nSPS) is 21.7. The van der Waals surface area contributed by atoms with Gasteiger partial charge in [0.05, 0.1) is 22.2 Å². The van der Waals surface area contributed by atoms with Crippen LogP contribution in [-0.2, 0) is 6.18 Å². The van der Waals surface area contributed by atoms with Gasteiger partial charge in [-0.15, -0.1) is 0 Å². The number of fused-ring (bicyclic) bond motifs is 2. The summed E-state index contributed by atoms with van der Waals surface area (Å²) in [5.74, 6) is 0.380. The smallest absolute Gasteiger partial charge is 0.364 e. The van der Waals surface area contributed by atoms with Crippen LogP contribution in [0.1, 0.15) is 40.7 Å². The maximum Gasteiger partial charge on any atom is 0.417 e. The molecule has 5 heterocycles. The number of nitrogens with one attached hydrogen (secondary N) is 1. The summed E-state index contributed by atoms with van der Waals surface area (Å²) in [7, 11) is 0. The standard InChI is InChI=1S/C23H20ClF3N6O/c1-12-7-15(19(30-10-12)21-28-5-2-6-29-21)22(34)33-14-3-4-18(33)17(9-14)32-20-16(24)8-13(11-31-20)23(25,26)27/h2,5-8,10-11,14,17-18H,3-4,9H2,1H3,(H,31,32)/t14-,17-,18+/m1/s1. The number of aryl methyl sites for hydroxylation is 1. The number of nitrogens with zero attached hydrogens (tertiary/aromatic N) is 5. The zero-order valence-electron chi connectivity index (χ0n) is 18.1. The number of halogens is 4. The Morgan fingerprint density at radius 1 is 1.12 bits per heavy atom. The third-order valence-electron chi connectivity index (χ3n) is 6.29. The second-order valence-electron chi connectivity index (χ2n) is 8.53. The summed E-state index contributed by atoms with van der Waals surface area (Å²) in [4.78, 5) is 32.4. The maximum atomic E-state index is 13.7. The maximum absolute atomic E-state index is 13.7. The van der Waals surface area contributed by atoms with Gasteiger partial charge in [-0.2, -0.15) is 13.2 Å². The number of amides is 1. The number of hydrogen-bond donors (Lipinski definition) is 1. The average Bonchev–Trinajstić information content (AvgIpc) is 3.37. The van der Waals surface area contributed by atoms with Crippen molar-refractivity contribution < 1.29 is 18.0 Å². The third-order valence-corrected chi connectivity index (χ3v) is 6.58. The summed E-state index contributed by atoms with van der Waals surface area (Å²) < 4.78 is 38.8. The van der Waals surface area contributed by atoms with Gasteiger partial charge in [0.25, 0.3) is 5.91 Å². The molecule has 3 aromatic heterocycles. The van der Waals surface area contributed by atoms with Crippen LogP contribution in [0.4, 0.5) is 19.0 Å². The first-order valence-electron chi connectivity index (χ1n) is 10.8. The van der Waals surface area contributed by atoms with E-state index in [0.717, 1.165) is 30.7 Å². The zero-order chi connectivity index (χ0) is 24.0. The van der Waals surface area contributed by atoms with Crippen LogP contribution < -0.4 is 5.32 Å². The molecule has 0 radical (unpaired) electrons. The summed E-state index contributed by atoms with van der Waals surface area (Å²) in [6, 6.07) is 4.00. The molecular weight excluding hydrogens is 469 g/mol. The molecule has 2 aliphatic heterocycles. The molecule has 2 bridgehead atoms. The lowest BCUT2D eigenvalue weighted by Gasteiger charge is -2.26.